The Balaban J connectivity index is 1.53. The standard InChI is InChI=1S/C23H28BrN3O2/c1-15-5-4-6-16(2)23(15)26-22(29)14-27(19-8-9-19)12-11-21(28)25-20-10-7-18(24)13-17(20)3/h4-7,10,13,19H,8-9,11-12,14H2,1-3H3,(H,25,28)(H,26,29). The van der Waals surface area contributed by atoms with Crippen LogP contribution in [0.2, 0.25) is 0 Å². The number of nitrogens with zero attached hydrogens (tertiary/aromatic N) is 1. The van der Waals surface area contributed by atoms with Crippen LogP contribution in [0.5, 0.6) is 0 Å². The summed E-state index contributed by atoms with van der Waals surface area (Å²) >= 11 is 3.43. The van der Waals surface area contributed by atoms with Gasteiger partial charge in [0.15, 0.2) is 0 Å². The average molecular weight is 458 g/mol. The first-order valence-electron chi connectivity index (χ1n) is 9.99. The Kier molecular flexibility index (Phi) is 7.09. The molecule has 0 aliphatic heterocycles. The molecule has 6 heteroatoms. The molecule has 1 aliphatic carbocycles. The number of halogens is 1. The van der Waals surface area contributed by atoms with Gasteiger partial charge in [-0.25, -0.2) is 0 Å². The predicted molar refractivity (Wildman–Crippen MR) is 121 cm³/mol. The minimum Gasteiger partial charge on any atom is -0.326 e. The van der Waals surface area contributed by atoms with Gasteiger partial charge in [-0.3, -0.25) is 14.5 Å². The Morgan fingerprint density at radius 1 is 1.00 bits per heavy atom. The number of carbonyl (C=O) groups is 2. The molecule has 1 aliphatic rings. The number of nitrogens with one attached hydrogen (secondary N) is 2. The molecule has 1 fully saturated rings. The normalized spacial score (nSPS) is 13.4. The lowest BCUT2D eigenvalue weighted by molar-refractivity contribution is -0.119. The Hall–Kier alpha value is -2.18. The highest BCUT2D eigenvalue weighted by atomic mass is 79.9. The van der Waals surface area contributed by atoms with Gasteiger partial charge in [-0.2, -0.15) is 0 Å². The van der Waals surface area contributed by atoms with Gasteiger partial charge in [0.2, 0.25) is 11.8 Å². The first kappa shape index (κ1) is 21.5. The van der Waals surface area contributed by atoms with Crippen molar-refractivity contribution in [3.63, 3.8) is 0 Å². The third kappa shape index (κ3) is 6.15. The Bertz CT molecular complexity index is 889. The number of hydrogen-bond donors (Lipinski definition) is 2. The zero-order valence-electron chi connectivity index (χ0n) is 17.2. The first-order chi connectivity index (χ1) is 13.8. The summed E-state index contributed by atoms with van der Waals surface area (Å²) in [5.74, 6) is -0.0605. The molecule has 2 aromatic rings. The molecule has 0 radical (unpaired) electrons. The maximum atomic E-state index is 12.6. The molecular formula is C23H28BrN3O2. The molecule has 2 N–H and O–H groups in total. The second-order valence-electron chi connectivity index (χ2n) is 7.77. The van der Waals surface area contributed by atoms with Crippen LogP contribution < -0.4 is 10.6 Å². The third-order valence-corrected chi connectivity index (χ3v) is 5.74. The molecule has 3 rings (SSSR count). The summed E-state index contributed by atoms with van der Waals surface area (Å²) in [6.45, 7) is 6.84. The monoisotopic (exact) mass is 457 g/mol. The second kappa shape index (κ2) is 9.55. The van der Waals surface area contributed by atoms with Gasteiger partial charge in [0.1, 0.15) is 0 Å². The van der Waals surface area contributed by atoms with E-state index in [0.717, 1.165) is 45.4 Å². The largest absolute Gasteiger partial charge is 0.326 e. The second-order valence-corrected chi connectivity index (χ2v) is 8.69. The van der Waals surface area contributed by atoms with Gasteiger partial charge in [0, 0.05) is 34.9 Å². The van der Waals surface area contributed by atoms with Crippen LogP contribution >= 0.6 is 15.9 Å². The van der Waals surface area contributed by atoms with Crippen LogP contribution in [0, 0.1) is 20.8 Å². The third-order valence-electron chi connectivity index (χ3n) is 5.24. The van der Waals surface area contributed by atoms with Crippen LogP contribution in [0.4, 0.5) is 11.4 Å². The molecule has 154 valence electrons. The quantitative estimate of drug-likeness (QED) is 0.597. The van der Waals surface area contributed by atoms with Crippen molar-refractivity contribution in [1.82, 2.24) is 4.90 Å². The summed E-state index contributed by atoms with van der Waals surface area (Å²) in [7, 11) is 0. The number of para-hydroxylation sites is 1. The van der Waals surface area contributed by atoms with Gasteiger partial charge < -0.3 is 10.6 Å². The fourth-order valence-electron chi connectivity index (χ4n) is 3.43. The molecular weight excluding hydrogens is 430 g/mol. The first-order valence-corrected chi connectivity index (χ1v) is 10.8. The highest BCUT2D eigenvalue weighted by Gasteiger charge is 2.30. The number of carbonyl (C=O) groups excluding carboxylic acids is 2. The summed E-state index contributed by atoms with van der Waals surface area (Å²) in [6.07, 6.45) is 2.54. The van der Waals surface area contributed by atoms with Gasteiger partial charge >= 0.3 is 0 Å². The fourth-order valence-corrected chi connectivity index (χ4v) is 3.91. The van der Waals surface area contributed by atoms with Crippen LogP contribution in [0.15, 0.2) is 40.9 Å². The van der Waals surface area contributed by atoms with E-state index in [1.54, 1.807) is 0 Å². The van der Waals surface area contributed by atoms with Crippen LogP contribution in [-0.4, -0.2) is 35.8 Å². The Morgan fingerprint density at radius 2 is 1.69 bits per heavy atom. The molecule has 0 spiro atoms. The van der Waals surface area contributed by atoms with Crippen molar-refractivity contribution in [2.75, 3.05) is 23.7 Å². The fraction of sp³-hybridized carbons (Fsp3) is 0.391. The lowest BCUT2D eigenvalue weighted by atomic mass is 10.1. The molecule has 0 atom stereocenters. The minimum absolute atomic E-state index is 0.0292. The summed E-state index contributed by atoms with van der Waals surface area (Å²) in [4.78, 5) is 27.1. The van der Waals surface area contributed by atoms with Gasteiger partial charge in [-0.05, 0) is 68.5 Å². The Morgan fingerprint density at radius 3 is 2.31 bits per heavy atom. The number of amides is 2. The van der Waals surface area contributed by atoms with Gasteiger partial charge in [0.25, 0.3) is 0 Å². The zero-order chi connectivity index (χ0) is 21.0. The van der Waals surface area contributed by atoms with E-state index >= 15 is 0 Å². The van der Waals surface area contributed by atoms with Gasteiger partial charge in [-0.15, -0.1) is 0 Å². The molecule has 2 aromatic carbocycles. The predicted octanol–water partition coefficient (Wildman–Crippen LogP) is 4.81. The molecule has 0 heterocycles. The molecule has 0 bridgehead atoms. The van der Waals surface area contributed by atoms with Crippen LogP contribution in [0.3, 0.4) is 0 Å². The van der Waals surface area contributed by atoms with Crippen molar-refractivity contribution in [1.29, 1.82) is 0 Å². The van der Waals surface area contributed by atoms with Crippen molar-refractivity contribution in [3.05, 3.63) is 57.6 Å². The Labute approximate surface area is 181 Å². The van der Waals surface area contributed by atoms with E-state index in [1.807, 2.05) is 57.2 Å². The maximum Gasteiger partial charge on any atom is 0.238 e. The highest BCUT2D eigenvalue weighted by Crippen LogP contribution is 2.27. The van der Waals surface area contributed by atoms with Gasteiger partial charge in [0.05, 0.1) is 6.54 Å². The lowest BCUT2D eigenvalue weighted by Crippen LogP contribution is -2.37. The molecule has 29 heavy (non-hydrogen) atoms. The molecule has 0 saturated heterocycles. The zero-order valence-corrected chi connectivity index (χ0v) is 18.8. The van der Waals surface area contributed by atoms with Crippen molar-refractivity contribution in [2.24, 2.45) is 0 Å². The summed E-state index contributed by atoms with van der Waals surface area (Å²) in [5, 5.41) is 6.02. The van der Waals surface area contributed by atoms with E-state index in [1.165, 1.54) is 0 Å². The number of rotatable bonds is 8. The molecule has 2 amide bonds. The molecule has 1 saturated carbocycles. The van der Waals surface area contributed by atoms with E-state index in [0.29, 0.717) is 25.6 Å². The SMILES string of the molecule is Cc1cc(Br)ccc1NC(=O)CCN(CC(=O)Nc1c(C)cccc1C)C1CC1. The molecule has 5 nitrogen and oxygen atoms in total. The van der Waals surface area contributed by atoms with E-state index in [-0.39, 0.29) is 11.8 Å². The van der Waals surface area contributed by atoms with E-state index in [9.17, 15) is 9.59 Å². The number of anilines is 2. The van der Waals surface area contributed by atoms with Crippen molar-refractivity contribution >= 4 is 39.1 Å². The summed E-state index contributed by atoms with van der Waals surface area (Å²) in [6, 6.07) is 12.2. The van der Waals surface area contributed by atoms with E-state index in [2.05, 4.69) is 31.5 Å². The summed E-state index contributed by atoms with van der Waals surface area (Å²) < 4.78 is 0.989. The van der Waals surface area contributed by atoms with Crippen LogP contribution in [0.1, 0.15) is 36.0 Å². The minimum atomic E-state index is -0.0313. The number of aryl methyl sites for hydroxylation is 3. The van der Waals surface area contributed by atoms with Crippen molar-refractivity contribution in [2.45, 2.75) is 46.1 Å². The number of benzene rings is 2. The van der Waals surface area contributed by atoms with Crippen LogP contribution in [-0.2, 0) is 9.59 Å². The smallest absolute Gasteiger partial charge is 0.238 e. The van der Waals surface area contributed by atoms with E-state index in [4.69, 9.17) is 0 Å². The molecule has 0 aromatic heterocycles. The average Bonchev–Trinajstić information content (AvgIpc) is 3.49. The topological polar surface area (TPSA) is 61.4 Å². The van der Waals surface area contributed by atoms with Gasteiger partial charge in [-0.1, -0.05) is 34.1 Å². The number of hydrogen-bond acceptors (Lipinski definition) is 3. The van der Waals surface area contributed by atoms with Crippen LogP contribution in [0.25, 0.3) is 0 Å². The summed E-state index contributed by atoms with van der Waals surface area (Å²) in [5.41, 5.74) is 4.83. The van der Waals surface area contributed by atoms with Crippen molar-refractivity contribution < 1.29 is 9.59 Å². The van der Waals surface area contributed by atoms with E-state index < -0.39 is 0 Å². The highest BCUT2D eigenvalue weighted by molar-refractivity contribution is 9.10. The maximum absolute atomic E-state index is 12.6. The van der Waals surface area contributed by atoms with Crippen molar-refractivity contribution in [3.8, 4) is 0 Å². The molecule has 0 unspecified atom stereocenters. The lowest BCUT2D eigenvalue weighted by Gasteiger charge is -2.22.